The molecule has 1 unspecified atom stereocenters. The molecule has 0 fully saturated rings. The molecule has 0 saturated carbocycles. The van der Waals surface area contributed by atoms with Gasteiger partial charge in [0.2, 0.25) is 0 Å². The van der Waals surface area contributed by atoms with Crippen LogP contribution in [0.25, 0.3) is 60.5 Å². The molecule has 0 N–H and O–H groups in total. The fourth-order valence-electron chi connectivity index (χ4n) is 6.47. The van der Waals surface area contributed by atoms with E-state index in [0.717, 1.165) is 29.0 Å². The average molecular weight is 525 g/mol. The first-order chi connectivity index (χ1) is 20.4. The molecule has 194 valence electrons. The second-order valence-electron chi connectivity index (χ2n) is 10.7. The lowest BCUT2D eigenvalue weighted by Gasteiger charge is -2.19. The highest BCUT2D eigenvalue weighted by molar-refractivity contribution is 6.21. The smallest absolute Gasteiger partial charge is 0.121 e. The standard InChI is InChI=1S/C39H28N2/c1-3-13-27(14-4-1)37-31-17-7-9-19-33(31)38(34-20-10-8-18-32(34)37)28-23-25-30(26-24-28)41-36-22-12-11-21-35(36)40-39(41)29-15-5-2-6-16-29/h1-15,17-26,29H,16H2. The summed E-state index contributed by atoms with van der Waals surface area (Å²) < 4.78 is 2.34. The van der Waals surface area contributed by atoms with Gasteiger partial charge in [-0.15, -0.1) is 0 Å². The molecule has 6 aromatic carbocycles. The van der Waals surface area contributed by atoms with E-state index in [-0.39, 0.29) is 5.92 Å². The number of imidazole rings is 1. The molecule has 0 aliphatic heterocycles. The maximum Gasteiger partial charge on any atom is 0.121 e. The van der Waals surface area contributed by atoms with Gasteiger partial charge in [0, 0.05) is 11.6 Å². The Bertz CT molecular complexity index is 2050. The quantitative estimate of drug-likeness (QED) is 0.209. The third kappa shape index (κ3) is 3.91. The molecule has 0 radical (unpaired) electrons. The Morgan fingerprint density at radius 3 is 1.71 bits per heavy atom. The molecule has 0 spiro atoms. The minimum Gasteiger partial charge on any atom is -0.296 e. The lowest BCUT2D eigenvalue weighted by atomic mass is 9.86. The van der Waals surface area contributed by atoms with Crippen molar-refractivity contribution >= 4 is 32.6 Å². The Morgan fingerprint density at radius 2 is 1.10 bits per heavy atom. The Kier molecular flexibility index (Phi) is 5.63. The predicted molar refractivity (Wildman–Crippen MR) is 173 cm³/mol. The summed E-state index contributed by atoms with van der Waals surface area (Å²) >= 11 is 0. The minimum atomic E-state index is 0.255. The largest absolute Gasteiger partial charge is 0.296 e. The summed E-state index contributed by atoms with van der Waals surface area (Å²) in [4.78, 5) is 5.09. The first-order valence-corrected chi connectivity index (χ1v) is 14.3. The van der Waals surface area contributed by atoms with Crippen molar-refractivity contribution in [2.24, 2.45) is 0 Å². The molecule has 1 heterocycles. The van der Waals surface area contributed by atoms with Crippen LogP contribution in [0.3, 0.4) is 0 Å². The van der Waals surface area contributed by atoms with E-state index < -0.39 is 0 Å². The molecule has 0 saturated heterocycles. The van der Waals surface area contributed by atoms with Crippen molar-refractivity contribution in [2.45, 2.75) is 12.3 Å². The number of allylic oxidation sites excluding steroid dienone is 4. The minimum absolute atomic E-state index is 0.255. The average Bonchev–Trinajstić information content (AvgIpc) is 3.44. The van der Waals surface area contributed by atoms with Crippen LogP contribution < -0.4 is 0 Å². The van der Waals surface area contributed by atoms with Crippen LogP contribution in [0.1, 0.15) is 18.2 Å². The van der Waals surface area contributed by atoms with Crippen molar-refractivity contribution in [3.63, 3.8) is 0 Å². The van der Waals surface area contributed by atoms with E-state index in [9.17, 15) is 0 Å². The van der Waals surface area contributed by atoms with Crippen molar-refractivity contribution in [3.8, 4) is 27.9 Å². The molecular weight excluding hydrogens is 496 g/mol. The number of aromatic nitrogens is 2. The Hall–Kier alpha value is -5.21. The molecule has 1 aliphatic carbocycles. The van der Waals surface area contributed by atoms with Gasteiger partial charge in [-0.1, -0.05) is 127 Å². The third-order valence-electron chi connectivity index (χ3n) is 8.31. The SMILES string of the molecule is C1=CCC(c2nc3ccccc3n2-c2ccc(-c3c4ccccc4c(-c4ccccc4)c4ccccc34)cc2)C=C1. The molecule has 2 heteroatoms. The van der Waals surface area contributed by atoms with Gasteiger partial charge in [-0.25, -0.2) is 4.98 Å². The van der Waals surface area contributed by atoms with Gasteiger partial charge < -0.3 is 0 Å². The molecule has 2 nitrogen and oxygen atoms in total. The van der Waals surface area contributed by atoms with E-state index in [1.807, 2.05) is 0 Å². The van der Waals surface area contributed by atoms with Crippen LogP contribution in [-0.4, -0.2) is 9.55 Å². The highest BCUT2D eigenvalue weighted by Gasteiger charge is 2.20. The number of fused-ring (bicyclic) bond motifs is 3. The fourth-order valence-corrected chi connectivity index (χ4v) is 6.47. The summed E-state index contributed by atoms with van der Waals surface area (Å²) in [6.07, 6.45) is 9.71. The number of para-hydroxylation sites is 2. The maximum atomic E-state index is 5.09. The molecule has 8 rings (SSSR count). The number of nitrogens with zero attached hydrogens (tertiary/aromatic N) is 2. The van der Waals surface area contributed by atoms with Crippen molar-refractivity contribution in [1.82, 2.24) is 9.55 Å². The van der Waals surface area contributed by atoms with Gasteiger partial charge in [-0.2, -0.15) is 0 Å². The maximum absolute atomic E-state index is 5.09. The monoisotopic (exact) mass is 524 g/mol. The van der Waals surface area contributed by atoms with Crippen LogP contribution in [0, 0.1) is 0 Å². The third-order valence-corrected chi connectivity index (χ3v) is 8.31. The lowest BCUT2D eigenvalue weighted by molar-refractivity contribution is 0.758. The van der Waals surface area contributed by atoms with Crippen molar-refractivity contribution in [1.29, 1.82) is 0 Å². The fraction of sp³-hybridized carbons (Fsp3) is 0.0513. The van der Waals surface area contributed by atoms with Crippen LogP contribution in [0.4, 0.5) is 0 Å². The van der Waals surface area contributed by atoms with Crippen LogP contribution in [0.15, 0.2) is 152 Å². The van der Waals surface area contributed by atoms with Gasteiger partial charge in [0.15, 0.2) is 0 Å². The van der Waals surface area contributed by atoms with Gasteiger partial charge >= 0.3 is 0 Å². The van der Waals surface area contributed by atoms with E-state index >= 15 is 0 Å². The van der Waals surface area contributed by atoms with Crippen molar-refractivity contribution in [2.75, 3.05) is 0 Å². The zero-order valence-electron chi connectivity index (χ0n) is 22.6. The zero-order valence-corrected chi connectivity index (χ0v) is 22.6. The summed E-state index contributed by atoms with van der Waals surface area (Å²) in [5.41, 5.74) is 8.33. The van der Waals surface area contributed by atoms with E-state index in [4.69, 9.17) is 4.98 Å². The normalized spacial score (nSPS) is 14.8. The zero-order chi connectivity index (χ0) is 27.2. The molecule has 0 amide bonds. The Morgan fingerprint density at radius 1 is 0.537 bits per heavy atom. The predicted octanol–water partition coefficient (Wildman–Crippen LogP) is 10.3. The van der Waals surface area contributed by atoms with Crippen LogP contribution in [0.2, 0.25) is 0 Å². The van der Waals surface area contributed by atoms with Gasteiger partial charge in [-0.05, 0) is 74.5 Å². The summed E-state index contributed by atoms with van der Waals surface area (Å²) in [6.45, 7) is 0. The highest BCUT2D eigenvalue weighted by atomic mass is 15.1. The van der Waals surface area contributed by atoms with E-state index in [2.05, 4.69) is 156 Å². The first-order valence-electron chi connectivity index (χ1n) is 14.3. The molecule has 1 aromatic heterocycles. The molecule has 1 aliphatic rings. The summed E-state index contributed by atoms with van der Waals surface area (Å²) in [5.74, 6) is 1.34. The molecule has 0 bridgehead atoms. The summed E-state index contributed by atoms with van der Waals surface area (Å²) in [5, 5.41) is 5.09. The second-order valence-corrected chi connectivity index (χ2v) is 10.7. The van der Waals surface area contributed by atoms with E-state index in [0.29, 0.717) is 0 Å². The van der Waals surface area contributed by atoms with E-state index in [1.54, 1.807) is 0 Å². The first kappa shape index (κ1) is 23.7. The Balaban J connectivity index is 1.33. The lowest BCUT2D eigenvalue weighted by Crippen LogP contribution is -2.07. The summed E-state index contributed by atoms with van der Waals surface area (Å²) in [7, 11) is 0. The molecular formula is C39H28N2. The summed E-state index contributed by atoms with van der Waals surface area (Å²) in [6, 6.07) is 45.9. The number of hydrogen-bond donors (Lipinski definition) is 0. The molecule has 1 atom stereocenters. The highest BCUT2D eigenvalue weighted by Crippen LogP contribution is 2.43. The van der Waals surface area contributed by atoms with Crippen LogP contribution in [0.5, 0.6) is 0 Å². The number of rotatable bonds is 4. The van der Waals surface area contributed by atoms with Gasteiger partial charge in [-0.3, -0.25) is 4.57 Å². The van der Waals surface area contributed by atoms with Crippen LogP contribution in [-0.2, 0) is 0 Å². The van der Waals surface area contributed by atoms with Crippen LogP contribution >= 0.6 is 0 Å². The molecule has 41 heavy (non-hydrogen) atoms. The number of benzene rings is 6. The van der Waals surface area contributed by atoms with Gasteiger partial charge in [0.05, 0.1) is 11.0 Å². The Labute approximate surface area is 239 Å². The van der Waals surface area contributed by atoms with Gasteiger partial charge in [0.1, 0.15) is 5.82 Å². The number of hydrogen-bond acceptors (Lipinski definition) is 1. The van der Waals surface area contributed by atoms with Crippen molar-refractivity contribution in [3.05, 3.63) is 158 Å². The molecule has 7 aromatic rings. The topological polar surface area (TPSA) is 17.8 Å². The van der Waals surface area contributed by atoms with Gasteiger partial charge in [0.25, 0.3) is 0 Å². The second kappa shape index (κ2) is 9.76. The van der Waals surface area contributed by atoms with Crippen molar-refractivity contribution < 1.29 is 0 Å². The van der Waals surface area contributed by atoms with E-state index in [1.165, 1.54) is 43.8 Å².